The van der Waals surface area contributed by atoms with Gasteiger partial charge in [0.25, 0.3) is 0 Å². The van der Waals surface area contributed by atoms with Crippen LogP contribution in [0, 0.1) is 0 Å². The van der Waals surface area contributed by atoms with Crippen molar-refractivity contribution in [3.05, 3.63) is 72.4 Å². The molecular weight excluding hydrogens is 300 g/mol. The van der Waals surface area contributed by atoms with E-state index in [-0.39, 0.29) is 6.04 Å². The van der Waals surface area contributed by atoms with Gasteiger partial charge in [-0.25, -0.2) is 9.97 Å². The van der Waals surface area contributed by atoms with E-state index < -0.39 is 0 Å². The first kappa shape index (κ1) is 14.8. The fourth-order valence-electron chi connectivity index (χ4n) is 3.21. The first-order valence-electron chi connectivity index (χ1n) is 8.22. The van der Waals surface area contributed by atoms with E-state index in [1.54, 1.807) is 6.33 Å². The summed E-state index contributed by atoms with van der Waals surface area (Å²) in [6.45, 7) is 1.95. The van der Waals surface area contributed by atoms with Gasteiger partial charge < -0.3 is 4.90 Å². The van der Waals surface area contributed by atoms with Gasteiger partial charge in [-0.15, -0.1) is 0 Å². The molecule has 2 atom stereocenters. The number of H-pyrrole nitrogens is 1. The number of pyridine rings is 1. The van der Waals surface area contributed by atoms with Crippen LogP contribution in [0.3, 0.4) is 0 Å². The van der Waals surface area contributed by atoms with Gasteiger partial charge in [0.05, 0.1) is 6.04 Å². The molecule has 0 radical (unpaired) electrons. The van der Waals surface area contributed by atoms with Crippen molar-refractivity contribution < 1.29 is 0 Å². The zero-order valence-corrected chi connectivity index (χ0v) is 13.3. The molecule has 3 heterocycles. The second kappa shape index (κ2) is 6.80. The topological polar surface area (TPSA) is 69.7 Å². The summed E-state index contributed by atoms with van der Waals surface area (Å²) in [6, 6.07) is 16.8. The van der Waals surface area contributed by atoms with Crippen LogP contribution >= 0.6 is 0 Å². The van der Waals surface area contributed by atoms with Crippen LogP contribution in [0.15, 0.2) is 61.1 Å². The van der Waals surface area contributed by atoms with Crippen LogP contribution in [0.2, 0.25) is 0 Å². The molecule has 122 valence electrons. The van der Waals surface area contributed by atoms with Crippen molar-refractivity contribution in [1.82, 2.24) is 25.5 Å². The van der Waals surface area contributed by atoms with Crippen LogP contribution in [-0.2, 0) is 0 Å². The predicted octanol–water partition coefficient (Wildman–Crippen LogP) is 2.16. The molecule has 4 rings (SSSR count). The number of aromatic nitrogens is 4. The zero-order valence-electron chi connectivity index (χ0n) is 13.3. The third kappa shape index (κ3) is 3.14. The van der Waals surface area contributed by atoms with Gasteiger partial charge in [-0.3, -0.25) is 10.4 Å². The quantitative estimate of drug-likeness (QED) is 0.754. The van der Waals surface area contributed by atoms with Crippen LogP contribution in [0.25, 0.3) is 0 Å². The smallest absolute Gasteiger partial charge is 0.145 e. The molecule has 0 unspecified atom stereocenters. The van der Waals surface area contributed by atoms with E-state index in [0.29, 0.717) is 6.04 Å². The molecule has 1 fully saturated rings. The third-order valence-corrected chi connectivity index (χ3v) is 4.40. The van der Waals surface area contributed by atoms with E-state index in [4.69, 9.17) is 0 Å². The molecule has 0 bridgehead atoms. The first-order valence-corrected chi connectivity index (χ1v) is 8.22. The van der Waals surface area contributed by atoms with E-state index in [0.717, 1.165) is 31.2 Å². The number of benzene rings is 1. The summed E-state index contributed by atoms with van der Waals surface area (Å²) < 4.78 is 0. The average Bonchev–Trinajstić information content (AvgIpc) is 3.33. The lowest BCUT2D eigenvalue weighted by molar-refractivity contribution is 0.486. The minimum Gasteiger partial charge on any atom is -0.355 e. The summed E-state index contributed by atoms with van der Waals surface area (Å²) in [5.74, 6) is 1.88. The fraction of sp³-hybridized carbons (Fsp3) is 0.278. The predicted molar refractivity (Wildman–Crippen MR) is 92.7 cm³/mol. The van der Waals surface area contributed by atoms with Crippen molar-refractivity contribution in [2.45, 2.75) is 18.5 Å². The van der Waals surface area contributed by atoms with Crippen LogP contribution in [0.4, 0.5) is 5.82 Å². The Morgan fingerprint density at radius 2 is 1.96 bits per heavy atom. The van der Waals surface area contributed by atoms with Crippen molar-refractivity contribution in [1.29, 1.82) is 0 Å². The van der Waals surface area contributed by atoms with Crippen LogP contribution < -0.4 is 10.2 Å². The Bertz CT molecular complexity index is 744. The van der Waals surface area contributed by atoms with Gasteiger partial charge in [0, 0.05) is 25.3 Å². The highest BCUT2D eigenvalue weighted by atomic mass is 15.3. The van der Waals surface area contributed by atoms with E-state index in [9.17, 15) is 0 Å². The minimum absolute atomic E-state index is 0.0161. The number of anilines is 1. The molecule has 24 heavy (non-hydrogen) atoms. The van der Waals surface area contributed by atoms with Crippen molar-refractivity contribution in [3.8, 4) is 0 Å². The molecule has 2 aromatic heterocycles. The Morgan fingerprint density at radius 1 is 1.08 bits per heavy atom. The van der Waals surface area contributed by atoms with Gasteiger partial charge in [0.15, 0.2) is 0 Å². The largest absolute Gasteiger partial charge is 0.355 e. The summed E-state index contributed by atoms with van der Waals surface area (Å²) >= 11 is 0. The summed E-state index contributed by atoms with van der Waals surface area (Å²) in [5, 5.41) is 10.7. The molecule has 1 aliphatic heterocycles. The molecule has 2 N–H and O–H groups in total. The second-order valence-electron chi connectivity index (χ2n) is 6.00. The average molecular weight is 320 g/mol. The number of hydrogen-bond donors (Lipinski definition) is 2. The van der Waals surface area contributed by atoms with Gasteiger partial charge in [-0.05, 0) is 24.1 Å². The highest BCUT2D eigenvalue weighted by Crippen LogP contribution is 2.23. The molecular formula is C18H20N6. The number of hydrogen-bond acceptors (Lipinski definition) is 5. The van der Waals surface area contributed by atoms with Gasteiger partial charge in [-0.1, -0.05) is 36.4 Å². The van der Waals surface area contributed by atoms with E-state index in [2.05, 4.69) is 60.7 Å². The SMILES string of the molecule is c1ccc([C@H](N[C@@H]2CCN(c3ccccn3)C2)c2ncn[nH]2)cc1. The van der Waals surface area contributed by atoms with Crippen molar-refractivity contribution in [2.75, 3.05) is 18.0 Å². The summed E-state index contributed by atoms with van der Waals surface area (Å²) in [7, 11) is 0. The van der Waals surface area contributed by atoms with E-state index in [1.807, 2.05) is 24.4 Å². The molecule has 3 aromatic rings. The molecule has 0 spiro atoms. The zero-order chi connectivity index (χ0) is 16.2. The fourth-order valence-corrected chi connectivity index (χ4v) is 3.21. The van der Waals surface area contributed by atoms with Gasteiger partial charge in [0.1, 0.15) is 18.0 Å². The van der Waals surface area contributed by atoms with Crippen LogP contribution in [0.1, 0.15) is 23.9 Å². The van der Waals surface area contributed by atoms with E-state index in [1.165, 1.54) is 5.56 Å². The summed E-state index contributed by atoms with van der Waals surface area (Å²) in [4.78, 5) is 11.1. The number of aromatic amines is 1. The molecule has 1 saturated heterocycles. The Hall–Kier alpha value is -2.73. The highest BCUT2D eigenvalue weighted by molar-refractivity contribution is 5.39. The maximum atomic E-state index is 4.45. The van der Waals surface area contributed by atoms with Crippen LogP contribution in [0.5, 0.6) is 0 Å². The normalized spacial score (nSPS) is 18.7. The lowest BCUT2D eigenvalue weighted by atomic mass is 10.0. The molecule has 6 nitrogen and oxygen atoms in total. The Balaban J connectivity index is 1.50. The van der Waals surface area contributed by atoms with Gasteiger partial charge in [0.2, 0.25) is 0 Å². The molecule has 1 aromatic carbocycles. The van der Waals surface area contributed by atoms with E-state index >= 15 is 0 Å². The highest BCUT2D eigenvalue weighted by Gasteiger charge is 2.27. The van der Waals surface area contributed by atoms with Crippen molar-refractivity contribution >= 4 is 5.82 Å². The Kier molecular flexibility index (Phi) is 4.20. The van der Waals surface area contributed by atoms with Gasteiger partial charge in [-0.2, -0.15) is 5.10 Å². The summed E-state index contributed by atoms with van der Waals surface area (Å²) in [6.07, 6.45) is 4.48. The van der Waals surface area contributed by atoms with Crippen LogP contribution in [-0.4, -0.2) is 39.3 Å². The monoisotopic (exact) mass is 320 g/mol. The number of nitrogens with one attached hydrogen (secondary N) is 2. The third-order valence-electron chi connectivity index (χ3n) is 4.40. The number of rotatable bonds is 5. The molecule has 0 saturated carbocycles. The first-order chi connectivity index (χ1) is 11.9. The minimum atomic E-state index is 0.0161. The van der Waals surface area contributed by atoms with Crippen molar-refractivity contribution in [3.63, 3.8) is 0 Å². The second-order valence-corrected chi connectivity index (χ2v) is 6.00. The van der Waals surface area contributed by atoms with Crippen molar-refractivity contribution in [2.24, 2.45) is 0 Å². The lowest BCUT2D eigenvalue weighted by Crippen LogP contribution is -2.36. The standard InChI is InChI=1S/C18H20N6/c1-2-6-14(7-3-1)17(18-20-13-21-23-18)22-15-9-11-24(12-15)16-8-4-5-10-19-16/h1-8,10,13,15,17,22H,9,11-12H2,(H,20,21,23)/t15-,17+/m1/s1. The molecule has 0 aliphatic carbocycles. The lowest BCUT2D eigenvalue weighted by Gasteiger charge is -2.22. The maximum absolute atomic E-state index is 4.45. The maximum Gasteiger partial charge on any atom is 0.145 e. The Labute approximate surface area is 141 Å². The summed E-state index contributed by atoms with van der Waals surface area (Å²) in [5.41, 5.74) is 1.19. The molecule has 6 heteroatoms. The molecule has 1 aliphatic rings. The molecule has 0 amide bonds. The number of nitrogens with zero attached hydrogens (tertiary/aromatic N) is 4. The van der Waals surface area contributed by atoms with Gasteiger partial charge >= 0.3 is 0 Å². The Morgan fingerprint density at radius 3 is 2.71 bits per heavy atom.